The number of nitrogens with zero attached hydrogens (tertiary/aromatic N) is 1. The highest BCUT2D eigenvalue weighted by Gasteiger charge is 2.21. The molecule has 0 fully saturated rings. The van der Waals surface area contributed by atoms with E-state index >= 15 is 0 Å². The van der Waals surface area contributed by atoms with E-state index in [9.17, 15) is 19.5 Å². The first kappa shape index (κ1) is 22.9. The summed E-state index contributed by atoms with van der Waals surface area (Å²) in [5.74, 6) is -0.891. The number of hydrogen-bond acceptors (Lipinski definition) is 7. The van der Waals surface area contributed by atoms with Crippen LogP contribution in [0.5, 0.6) is 0 Å². The highest BCUT2D eigenvalue weighted by Crippen LogP contribution is 2.27. The molecule has 0 bridgehead atoms. The van der Waals surface area contributed by atoms with Crippen LogP contribution in [0.4, 0.5) is 17.1 Å². The van der Waals surface area contributed by atoms with E-state index in [1.54, 1.807) is 13.2 Å². The third-order valence-electron chi connectivity index (χ3n) is 5.59. The van der Waals surface area contributed by atoms with Crippen LogP contribution in [0, 0.1) is 0 Å². The molecule has 8 nitrogen and oxygen atoms in total. The molecule has 1 heterocycles. The second-order valence-electron chi connectivity index (χ2n) is 7.87. The smallest absolute Gasteiger partial charge is 0.321 e. The van der Waals surface area contributed by atoms with Gasteiger partial charge in [-0.1, -0.05) is 42.5 Å². The van der Waals surface area contributed by atoms with Gasteiger partial charge in [0.2, 0.25) is 0 Å². The van der Waals surface area contributed by atoms with Crippen molar-refractivity contribution < 1.29 is 9.90 Å². The maximum atomic E-state index is 12.2. The summed E-state index contributed by atoms with van der Waals surface area (Å²) in [6, 6.07) is 20.0. The number of likely N-dealkylation sites (N-methyl/N-ethyl adjacent to an activating group) is 1. The minimum atomic E-state index is -0.891. The van der Waals surface area contributed by atoms with Crippen molar-refractivity contribution in [3.05, 3.63) is 105 Å². The average molecular weight is 457 g/mol. The first-order valence-electron chi connectivity index (χ1n) is 10.8. The Hall–Kier alpha value is -4.30. The van der Waals surface area contributed by atoms with Gasteiger partial charge in [0, 0.05) is 11.9 Å². The van der Waals surface area contributed by atoms with Crippen LogP contribution < -0.4 is 26.8 Å². The second-order valence-corrected chi connectivity index (χ2v) is 7.87. The summed E-state index contributed by atoms with van der Waals surface area (Å²) >= 11 is 0. The van der Waals surface area contributed by atoms with Crippen LogP contribution in [0.1, 0.15) is 11.3 Å². The molecule has 0 amide bonds. The Morgan fingerprint density at radius 2 is 1.71 bits per heavy atom. The molecule has 4 rings (SSSR count). The van der Waals surface area contributed by atoms with Crippen LogP contribution in [0.25, 0.3) is 11.1 Å². The summed E-state index contributed by atoms with van der Waals surface area (Å²) in [6.45, 7) is 0.336. The predicted octanol–water partition coefficient (Wildman–Crippen LogP) is 2.92. The average Bonchev–Trinajstić information content (AvgIpc) is 2.87. The van der Waals surface area contributed by atoms with E-state index in [1.807, 2.05) is 66.7 Å². The minimum absolute atomic E-state index is 0.236. The number of aliphatic carboxylic acids is 1. The molecule has 172 valence electrons. The number of benzene rings is 2. The van der Waals surface area contributed by atoms with E-state index in [1.165, 1.54) is 0 Å². The summed E-state index contributed by atoms with van der Waals surface area (Å²) in [5.41, 5.74) is 3.59. The molecule has 0 spiro atoms. The monoisotopic (exact) mass is 456 g/mol. The fourth-order valence-corrected chi connectivity index (χ4v) is 3.66. The molecule has 8 heteroatoms. The van der Waals surface area contributed by atoms with E-state index in [-0.39, 0.29) is 11.4 Å². The number of aromatic nitrogens is 1. The number of nitrogens with one attached hydrogen (secondary N) is 3. The summed E-state index contributed by atoms with van der Waals surface area (Å²) < 4.78 is 0. The zero-order chi connectivity index (χ0) is 24.1. The Morgan fingerprint density at radius 3 is 2.38 bits per heavy atom. The van der Waals surface area contributed by atoms with Crippen molar-refractivity contribution in [2.45, 2.75) is 19.0 Å². The van der Waals surface area contributed by atoms with Crippen molar-refractivity contribution in [1.29, 1.82) is 0 Å². The zero-order valence-corrected chi connectivity index (χ0v) is 18.5. The summed E-state index contributed by atoms with van der Waals surface area (Å²) in [4.78, 5) is 39.7. The van der Waals surface area contributed by atoms with Gasteiger partial charge in [-0.2, -0.15) is 0 Å². The van der Waals surface area contributed by atoms with Crippen molar-refractivity contribution in [2.24, 2.45) is 0 Å². The molecule has 0 saturated heterocycles. The summed E-state index contributed by atoms with van der Waals surface area (Å²) in [5, 5.41) is 18.1. The Bertz CT molecular complexity index is 1360. The lowest BCUT2D eigenvalue weighted by Gasteiger charge is -2.15. The van der Waals surface area contributed by atoms with Gasteiger partial charge in [0.15, 0.2) is 0 Å². The fraction of sp³-hybridized carbons (Fsp3) is 0.154. The van der Waals surface area contributed by atoms with Gasteiger partial charge in [-0.3, -0.25) is 19.4 Å². The lowest BCUT2D eigenvalue weighted by Crippen LogP contribution is -2.36. The van der Waals surface area contributed by atoms with Crippen LogP contribution in [0.2, 0.25) is 0 Å². The zero-order valence-electron chi connectivity index (χ0n) is 18.5. The van der Waals surface area contributed by atoms with Crippen molar-refractivity contribution in [1.82, 2.24) is 10.3 Å². The molecular weight excluding hydrogens is 432 g/mol. The molecule has 4 N–H and O–H groups in total. The van der Waals surface area contributed by atoms with Gasteiger partial charge < -0.3 is 21.1 Å². The first-order valence-corrected chi connectivity index (χ1v) is 10.8. The molecule has 1 aromatic heterocycles. The number of pyridine rings is 1. The lowest BCUT2D eigenvalue weighted by atomic mass is 10.00. The second kappa shape index (κ2) is 10.1. The van der Waals surface area contributed by atoms with E-state index in [0.717, 1.165) is 22.4 Å². The molecule has 34 heavy (non-hydrogen) atoms. The largest absolute Gasteiger partial charge is 0.480 e. The minimum Gasteiger partial charge on any atom is -0.480 e. The highest BCUT2D eigenvalue weighted by atomic mass is 16.4. The van der Waals surface area contributed by atoms with Crippen LogP contribution in [0.15, 0.2) is 82.5 Å². The van der Waals surface area contributed by atoms with Gasteiger partial charge in [0.1, 0.15) is 17.4 Å². The number of carboxylic acids is 1. The van der Waals surface area contributed by atoms with Gasteiger partial charge >= 0.3 is 5.97 Å². The summed E-state index contributed by atoms with van der Waals surface area (Å²) in [6.07, 6.45) is 2.05. The van der Waals surface area contributed by atoms with Gasteiger partial charge in [-0.15, -0.1) is 0 Å². The number of rotatable bonds is 10. The van der Waals surface area contributed by atoms with Crippen LogP contribution in [-0.2, 0) is 17.8 Å². The molecule has 1 unspecified atom stereocenters. The van der Waals surface area contributed by atoms with Crippen molar-refractivity contribution in [2.75, 3.05) is 17.7 Å². The van der Waals surface area contributed by atoms with Gasteiger partial charge in [0.05, 0.1) is 12.2 Å². The van der Waals surface area contributed by atoms with Gasteiger partial charge in [0.25, 0.3) is 10.9 Å². The van der Waals surface area contributed by atoms with Crippen molar-refractivity contribution in [3.8, 4) is 11.1 Å². The van der Waals surface area contributed by atoms with Crippen molar-refractivity contribution >= 4 is 23.0 Å². The standard InChI is InChI=1S/C26H24N4O4/c1-27-21(26(33)34)13-16-8-10-17(11-9-16)18-5-4-7-19(14-18)30-23-22(24(31)25(23)32)29-15-20-6-2-3-12-28-20/h2-12,14,21,27,29-30H,13,15H2,1H3,(H,33,34). The molecule has 1 atom stereocenters. The molecule has 3 aromatic carbocycles. The fourth-order valence-electron chi connectivity index (χ4n) is 3.66. The Morgan fingerprint density at radius 1 is 0.941 bits per heavy atom. The molecule has 0 aliphatic rings. The molecule has 0 radical (unpaired) electrons. The van der Waals surface area contributed by atoms with E-state index in [4.69, 9.17) is 0 Å². The number of carbonyl (C=O) groups is 1. The molecule has 0 aliphatic carbocycles. The normalized spacial score (nSPS) is 11.8. The number of carboxylic acid groups (broad SMARTS) is 1. The maximum absolute atomic E-state index is 12.2. The summed E-state index contributed by atoms with van der Waals surface area (Å²) in [7, 11) is 1.63. The molecular formula is C26H24N4O4. The predicted molar refractivity (Wildman–Crippen MR) is 132 cm³/mol. The van der Waals surface area contributed by atoms with E-state index < -0.39 is 22.9 Å². The van der Waals surface area contributed by atoms with Crippen LogP contribution >= 0.6 is 0 Å². The first-order chi connectivity index (χ1) is 16.5. The quantitative estimate of drug-likeness (QED) is 0.269. The van der Waals surface area contributed by atoms with Crippen molar-refractivity contribution in [3.63, 3.8) is 0 Å². The van der Waals surface area contributed by atoms with E-state index in [0.29, 0.717) is 18.7 Å². The third kappa shape index (κ3) is 5.02. The number of hydrogen-bond donors (Lipinski definition) is 4. The third-order valence-corrected chi connectivity index (χ3v) is 5.59. The van der Waals surface area contributed by atoms with Crippen LogP contribution in [0.3, 0.4) is 0 Å². The SMILES string of the molecule is CNC(Cc1ccc(-c2cccc(Nc3c(NCc4ccccn4)c(=O)c3=O)c2)cc1)C(=O)O. The molecule has 4 aromatic rings. The Kier molecular flexibility index (Phi) is 6.79. The topological polar surface area (TPSA) is 120 Å². The van der Waals surface area contributed by atoms with Crippen LogP contribution in [-0.4, -0.2) is 29.1 Å². The van der Waals surface area contributed by atoms with Gasteiger partial charge in [-0.05, 0) is 54.4 Å². The number of anilines is 3. The Labute approximate surface area is 196 Å². The molecule has 0 saturated carbocycles. The Balaban J connectivity index is 1.48. The lowest BCUT2D eigenvalue weighted by molar-refractivity contribution is -0.139. The molecule has 0 aliphatic heterocycles. The van der Waals surface area contributed by atoms with E-state index in [2.05, 4.69) is 20.9 Å². The maximum Gasteiger partial charge on any atom is 0.321 e. The highest BCUT2D eigenvalue weighted by molar-refractivity contribution is 5.80. The van der Waals surface area contributed by atoms with Gasteiger partial charge in [-0.25, -0.2) is 0 Å².